The number of hydrogen-bond donors (Lipinski definition) is 1. The standard InChI is InChI=1S/C49H53ClF2N4O5/c1-2-59-46-15-9-14-44(51)43(46)32-55-26-28-56(29-27-55)48(57)47(53-49(58)61-34-36-12-7-4-8-13-36)37-20-23-54(24-21-37)25-22-38-30-39(50)16-18-41(38)42-31-40(17-19-45(42)52)60-33-35-10-5-3-6-11-35/h3-19,30-31,37,47H,2,20-29,32-34H2,1H3,(H,53,58)/t47-/m1/s1. The van der Waals surface area contributed by atoms with Crippen LogP contribution in [0.25, 0.3) is 11.1 Å². The van der Waals surface area contributed by atoms with E-state index >= 15 is 4.39 Å². The smallest absolute Gasteiger partial charge is 0.408 e. The van der Waals surface area contributed by atoms with Gasteiger partial charge in [-0.05, 0) is 110 Å². The number of rotatable bonds is 16. The van der Waals surface area contributed by atoms with E-state index in [9.17, 15) is 14.0 Å². The first-order chi connectivity index (χ1) is 29.7. The molecule has 2 heterocycles. The van der Waals surface area contributed by atoms with Crippen molar-refractivity contribution in [2.75, 3.05) is 52.4 Å². The molecular formula is C49H53ClF2N4O5. The summed E-state index contributed by atoms with van der Waals surface area (Å²) in [6.07, 6.45) is 1.35. The Morgan fingerprint density at radius 3 is 2.15 bits per heavy atom. The second-order valence-corrected chi connectivity index (χ2v) is 16.0. The van der Waals surface area contributed by atoms with Crippen LogP contribution in [0.1, 0.15) is 42.0 Å². The second kappa shape index (κ2) is 21.3. The minimum Gasteiger partial charge on any atom is -0.493 e. The summed E-state index contributed by atoms with van der Waals surface area (Å²) < 4.78 is 47.6. The van der Waals surface area contributed by atoms with Crippen LogP contribution in [0.15, 0.2) is 115 Å². The Kier molecular flexibility index (Phi) is 15.3. The molecule has 0 unspecified atom stereocenters. The van der Waals surface area contributed by atoms with Crippen molar-refractivity contribution in [2.24, 2.45) is 5.92 Å². The highest BCUT2D eigenvalue weighted by Gasteiger charge is 2.37. The number of carbonyl (C=O) groups is 2. The first-order valence-corrected chi connectivity index (χ1v) is 21.5. The number of alkyl carbamates (subject to hydrolysis) is 1. The van der Waals surface area contributed by atoms with E-state index in [-0.39, 0.29) is 30.1 Å². The first kappa shape index (κ1) is 43.6. The van der Waals surface area contributed by atoms with E-state index in [0.717, 1.165) is 22.3 Å². The summed E-state index contributed by atoms with van der Waals surface area (Å²) in [4.78, 5) is 33.8. The Morgan fingerprint density at radius 1 is 0.738 bits per heavy atom. The van der Waals surface area contributed by atoms with Crippen LogP contribution in [-0.2, 0) is 35.7 Å². The molecule has 2 aliphatic heterocycles. The van der Waals surface area contributed by atoms with E-state index in [1.807, 2.05) is 79.7 Å². The van der Waals surface area contributed by atoms with Crippen molar-refractivity contribution in [1.82, 2.24) is 20.0 Å². The highest BCUT2D eigenvalue weighted by molar-refractivity contribution is 6.30. The van der Waals surface area contributed by atoms with E-state index in [4.69, 9.17) is 25.8 Å². The topological polar surface area (TPSA) is 83.6 Å². The van der Waals surface area contributed by atoms with Gasteiger partial charge in [-0.2, -0.15) is 0 Å². The van der Waals surface area contributed by atoms with Gasteiger partial charge in [0, 0.05) is 55.4 Å². The third-order valence-corrected chi connectivity index (χ3v) is 11.8. The van der Waals surface area contributed by atoms with Gasteiger partial charge in [0.15, 0.2) is 0 Å². The minimum absolute atomic E-state index is 0.0882. The second-order valence-electron chi connectivity index (χ2n) is 15.6. The SMILES string of the molecule is CCOc1cccc(F)c1CN1CCN(C(=O)[C@H](NC(=O)OCc2ccccc2)C2CCN(CCc3cc(Cl)ccc3-c3cc(OCc4ccccc4)ccc3F)CC2)CC1. The number of nitrogens with one attached hydrogen (secondary N) is 1. The molecule has 9 nitrogen and oxygen atoms in total. The zero-order valence-corrected chi connectivity index (χ0v) is 35.3. The average Bonchev–Trinajstić information content (AvgIpc) is 3.29. The van der Waals surface area contributed by atoms with E-state index in [1.165, 1.54) is 12.1 Å². The average molecular weight is 851 g/mol. The normalized spacial score (nSPS) is 15.6. The number of halogens is 3. The van der Waals surface area contributed by atoms with Crippen molar-refractivity contribution in [3.8, 4) is 22.6 Å². The summed E-state index contributed by atoms with van der Waals surface area (Å²) in [6, 6.07) is 33.7. The minimum atomic E-state index is -0.771. The Hall–Kier alpha value is -5.49. The van der Waals surface area contributed by atoms with Crippen LogP contribution in [0.5, 0.6) is 11.5 Å². The van der Waals surface area contributed by atoms with Crippen molar-refractivity contribution < 1.29 is 32.6 Å². The van der Waals surface area contributed by atoms with Crippen LogP contribution >= 0.6 is 11.6 Å². The maximum Gasteiger partial charge on any atom is 0.408 e. The fourth-order valence-corrected chi connectivity index (χ4v) is 8.36. The molecule has 320 valence electrons. The van der Waals surface area contributed by atoms with Gasteiger partial charge in [-0.25, -0.2) is 13.6 Å². The largest absolute Gasteiger partial charge is 0.493 e. The third-order valence-electron chi connectivity index (χ3n) is 11.5. The molecule has 0 spiro atoms. The van der Waals surface area contributed by atoms with Gasteiger partial charge in [0.05, 0.1) is 6.61 Å². The van der Waals surface area contributed by atoms with Gasteiger partial charge in [-0.15, -0.1) is 0 Å². The summed E-state index contributed by atoms with van der Waals surface area (Å²) in [5, 5.41) is 3.53. The number of hydrogen-bond acceptors (Lipinski definition) is 7. The quantitative estimate of drug-likeness (QED) is 0.106. The Labute approximate surface area is 362 Å². The van der Waals surface area contributed by atoms with Crippen LogP contribution in [0.2, 0.25) is 5.02 Å². The zero-order valence-electron chi connectivity index (χ0n) is 34.5. The molecule has 2 fully saturated rings. The van der Waals surface area contributed by atoms with Gasteiger partial charge in [0.1, 0.15) is 42.4 Å². The molecule has 2 aliphatic rings. The maximum atomic E-state index is 15.4. The lowest BCUT2D eigenvalue weighted by molar-refractivity contribution is -0.137. The lowest BCUT2D eigenvalue weighted by atomic mass is 9.88. The number of nitrogens with zero attached hydrogens (tertiary/aromatic N) is 3. The van der Waals surface area contributed by atoms with Crippen LogP contribution in [-0.4, -0.2) is 85.2 Å². The number of ether oxygens (including phenoxy) is 3. The summed E-state index contributed by atoms with van der Waals surface area (Å²) in [7, 11) is 0. The number of carbonyl (C=O) groups excluding carboxylic acids is 2. The van der Waals surface area contributed by atoms with Crippen molar-refractivity contribution in [3.63, 3.8) is 0 Å². The Morgan fingerprint density at radius 2 is 1.44 bits per heavy atom. The van der Waals surface area contributed by atoms with E-state index in [1.54, 1.807) is 35.2 Å². The number of likely N-dealkylation sites (tertiary alicyclic amines) is 1. The molecule has 0 radical (unpaired) electrons. The molecular weight excluding hydrogens is 798 g/mol. The Balaban J connectivity index is 0.982. The first-order valence-electron chi connectivity index (χ1n) is 21.1. The monoisotopic (exact) mass is 850 g/mol. The van der Waals surface area contributed by atoms with Gasteiger partial charge >= 0.3 is 6.09 Å². The molecule has 0 saturated carbocycles. The Bertz CT molecular complexity index is 2220. The summed E-state index contributed by atoms with van der Waals surface area (Å²) in [6.45, 7) is 7.24. The molecule has 0 aliphatic carbocycles. The molecule has 1 N–H and O–H groups in total. The van der Waals surface area contributed by atoms with E-state index in [2.05, 4.69) is 15.1 Å². The van der Waals surface area contributed by atoms with Crippen LogP contribution < -0.4 is 14.8 Å². The highest BCUT2D eigenvalue weighted by Crippen LogP contribution is 2.33. The van der Waals surface area contributed by atoms with Gasteiger partial charge in [-0.3, -0.25) is 9.69 Å². The van der Waals surface area contributed by atoms with Gasteiger partial charge < -0.3 is 29.3 Å². The van der Waals surface area contributed by atoms with Crippen LogP contribution in [0.3, 0.4) is 0 Å². The lowest BCUT2D eigenvalue weighted by Gasteiger charge is -2.40. The molecule has 5 aromatic rings. The number of benzene rings is 5. The number of amides is 2. The zero-order chi connectivity index (χ0) is 42.6. The molecule has 61 heavy (non-hydrogen) atoms. The molecule has 7 rings (SSSR count). The fraction of sp³-hybridized carbons (Fsp3) is 0.347. The summed E-state index contributed by atoms with van der Waals surface area (Å²) in [5.74, 6) is 0.187. The number of piperidine rings is 1. The predicted octanol–water partition coefficient (Wildman–Crippen LogP) is 9.16. The van der Waals surface area contributed by atoms with Gasteiger partial charge in [-0.1, -0.05) is 84.4 Å². The third kappa shape index (κ3) is 11.9. The van der Waals surface area contributed by atoms with Gasteiger partial charge in [0.25, 0.3) is 0 Å². The predicted molar refractivity (Wildman–Crippen MR) is 233 cm³/mol. The van der Waals surface area contributed by atoms with Crippen molar-refractivity contribution >= 4 is 23.6 Å². The van der Waals surface area contributed by atoms with Crippen molar-refractivity contribution in [1.29, 1.82) is 0 Å². The molecule has 12 heteroatoms. The maximum absolute atomic E-state index is 15.4. The molecule has 2 saturated heterocycles. The van der Waals surface area contributed by atoms with Crippen molar-refractivity contribution in [3.05, 3.63) is 154 Å². The molecule has 5 aromatic carbocycles. The lowest BCUT2D eigenvalue weighted by Crippen LogP contribution is -2.58. The summed E-state index contributed by atoms with van der Waals surface area (Å²) >= 11 is 6.49. The molecule has 1 atom stereocenters. The summed E-state index contributed by atoms with van der Waals surface area (Å²) in [5.41, 5.74) is 4.51. The van der Waals surface area contributed by atoms with Gasteiger partial charge in [0.2, 0.25) is 5.91 Å². The molecule has 0 bridgehead atoms. The highest BCUT2D eigenvalue weighted by atomic mass is 35.5. The fourth-order valence-electron chi connectivity index (χ4n) is 8.16. The molecule has 0 aromatic heterocycles. The van der Waals surface area contributed by atoms with E-state index < -0.39 is 12.1 Å². The van der Waals surface area contributed by atoms with E-state index in [0.29, 0.717) is 112 Å². The molecule has 2 amide bonds. The van der Waals surface area contributed by atoms with Crippen LogP contribution in [0.4, 0.5) is 13.6 Å². The van der Waals surface area contributed by atoms with Crippen molar-refractivity contribution in [2.45, 2.75) is 52.0 Å². The van der Waals surface area contributed by atoms with Crippen LogP contribution in [0, 0.1) is 17.6 Å². The number of piperazine rings is 1.